The van der Waals surface area contributed by atoms with E-state index in [2.05, 4.69) is 10.7 Å². The van der Waals surface area contributed by atoms with Crippen molar-refractivity contribution >= 4 is 16.8 Å². The summed E-state index contributed by atoms with van der Waals surface area (Å²) in [5.74, 6) is 0. The molecule has 0 aromatic carbocycles. The summed E-state index contributed by atoms with van der Waals surface area (Å²) in [5, 5.41) is 4.84. The molecule has 2 aliphatic rings. The van der Waals surface area contributed by atoms with Gasteiger partial charge in [-0.25, -0.2) is 5.43 Å². The number of hydrogen-bond donors (Lipinski definition) is 2. The number of fused-ring (bicyclic) bond motifs is 1. The van der Waals surface area contributed by atoms with Crippen molar-refractivity contribution in [3.05, 3.63) is 11.3 Å². The van der Waals surface area contributed by atoms with Crippen LogP contribution in [0.1, 0.15) is 0 Å². The predicted molar refractivity (Wildman–Crippen MR) is 45.5 cm³/mol. The molecule has 2 aliphatic heterocycles. The maximum atomic E-state index is 10.9. The lowest BCUT2D eigenvalue weighted by molar-refractivity contribution is -0.108. The van der Waals surface area contributed by atoms with Crippen LogP contribution in [0.3, 0.4) is 0 Å². The number of rotatable bonds is 1. The summed E-state index contributed by atoms with van der Waals surface area (Å²) < 4.78 is 0. The molecule has 0 aromatic rings. The van der Waals surface area contributed by atoms with E-state index in [9.17, 15) is 4.79 Å². The zero-order valence-electron chi connectivity index (χ0n) is 6.56. The molecule has 2 heterocycles. The predicted octanol–water partition coefficient (Wildman–Crippen LogP) is -0.571. The molecule has 2 N–H and O–H groups in total. The molecule has 4 nitrogen and oxygen atoms in total. The monoisotopic (exact) mass is 187 g/mol. The van der Waals surface area contributed by atoms with Gasteiger partial charge in [0, 0.05) is 31.8 Å². The molecule has 1 fully saturated rings. The number of carbonyl (C=O) groups is 1. The SMILES string of the molecule is O=C(Cl)C1=C2CNCCN2NC1. The molecular formula is C7H10ClN3O. The van der Waals surface area contributed by atoms with Crippen LogP contribution in [0, 0.1) is 0 Å². The van der Waals surface area contributed by atoms with Crippen molar-refractivity contribution in [2.45, 2.75) is 0 Å². The van der Waals surface area contributed by atoms with Crippen LogP contribution < -0.4 is 10.7 Å². The lowest BCUT2D eigenvalue weighted by Gasteiger charge is -2.27. The third kappa shape index (κ3) is 1.22. The van der Waals surface area contributed by atoms with Crippen LogP contribution in [0.4, 0.5) is 0 Å². The average molecular weight is 188 g/mol. The summed E-state index contributed by atoms with van der Waals surface area (Å²) in [6, 6.07) is 0. The third-order valence-corrected chi connectivity index (χ3v) is 2.39. The van der Waals surface area contributed by atoms with Gasteiger partial charge in [0.1, 0.15) is 0 Å². The largest absolute Gasteiger partial charge is 0.309 e. The van der Waals surface area contributed by atoms with Gasteiger partial charge in [0.05, 0.1) is 5.70 Å². The van der Waals surface area contributed by atoms with E-state index >= 15 is 0 Å². The van der Waals surface area contributed by atoms with Gasteiger partial charge in [-0.1, -0.05) is 0 Å². The number of nitrogens with one attached hydrogen (secondary N) is 2. The Hall–Kier alpha value is -0.580. The van der Waals surface area contributed by atoms with E-state index in [1.165, 1.54) is 0 Å². The number of halogens is 1. The highest BCUT2D eigenvalue weighted by atomic mass is 35.5. The van der Waals surface area contributed by atoms with Crippen molar-refractivity contribution in [1.29, 1.82) is 0 Å². The summed E-state index contributed by atoms with van der Waals surface area (Å²) in [6.45, 7) is 3.14. The minimum atomic E-state index is -0.344. The lowest BCUT2D eigenvalue weighted by atomic mass is 10.2. The van der Waals surface area contributed by atoms with E-state index in [0.29, 0.717) is 12.1 Å². The first-order chi connectivity index (χ1) is 5.79. The number of hydrazine groups is 1. The van der Waals surface area contributed by atoms with Gasteiger partial charge in [-0.15, -0.1) is 0 Å². The van der Waals surface area contributed by atoms with Gasteiger partial charge in [0.2, 0.25) is 0 Å². The second-order valence-electron chi connectivity index (χ2n) is 2.86. The second kappa shape index (κ2) is 3.05. The molecule has 2 rings (SSSR count). The maximum absolute atomic E-state index is 10.9. The van der Waals surface area contributed by atoms with Gasteiger partial charge >= 0.3 is 0 Å². The topological polar surface area (TPSA) is 44.4 Å². The normalized spacial score (nSPS) is 22.9. The molecule has 0 saturated carbocycles. The Morgan fingerprint density at radius 3 is 3.08 bits per heavy atom. The molecule has 0 atom stereocenters. The Kier molecular flexibility index (Phi) is 2.04. The highest BCUT2D eigenvalue weighted by Crippen LogP contribution is 2.18. The molecule has 0 unspecified atom stereocenters. The number of hydrogen-bond acceptors (Lipinski definition) is 4. The van der Waals surface area contributed by atoms with E-state index in [0.717, 1.165) is 25.3 Å². The fourth-order valence-corrected chi connectivity index (χ4v) is 1.71. The standard InChI is InChI=1S/C7H10ClN3O/c8-7(12)5-3-10-11-2-1-9-4-6(5)11/h9-10H,1-4H2. The first-order valence-corrected chi connectivity index (χ1v) is 4.30. The van der Waals surface area contributed by atoms with Crippen LogP contribution >= 0.6 is 11.6 Å². The van der Waals surface area contributed by atoms with E-state index in [4.69, 9.17) is 11.6 Å². The van der Waals surface area contributed by atoms with Crippen molar-refractivity contribution in [1.82, 2.24) is 15.8 Å². The van der Waals surface area contributed by atoms with Crippen molar-refractivity contribution in [3.63, 3.8) is 0 Å². The van der Waals surface area contributed by atoms with Gasteiger partial charge in [0.15, 0.2) is 0 Å². The first kappa shape index (κ1) is 8.04. The highest BCUT2D eigenvalue weighted by Gasteiger charge is 2.27. The fourth-order valence-electron chi connectivity index (χ4n) is 1.53. The molecular weight excluding hydrogens is 178 g/mol. The second-order valence-corrected chi connectivity index (χ2v) is 3.21. The Bertz CT molecular complexity index is 251. The third-order valence-electron chi connectivity index (χ3n) is 2.16. The van der Waals surface area contributed by atoms with E-state index < -0.39 is 0 Å². The van der Waals surface area contributed by atoms with Gasteiger partial charge in [0.25, 0.3) is 5.24 Å². The highest BCUT2D eigenvalue weighted by molar-refractivity contribution is 6.67. The van der Waals surface area contributed by atoms with Crippen LogP contribution in [-0.2, 0) is 4.79 Å². The van der Waals surface area contributed by atoms with Crippen molar-refractivity contribution in [2.24, 2.45) is 0 Å². The van der Waals surface area contributed by atoms with Crippen LogP contribution in [0.2, 0.25) is 0 Å². The van der Waals surface area contributed by atoms with Crippen LogP contribution in [-0.4, -0.2) is 36.4 Å². The van der Waals surface area contributed by atoms with Crippen molar-refractivity contribution in [2.75, 3.05) is 26.2 Å². The Morgan fingerprint density at radius 2 is 2.33 bits per heavy atom. The lowest BCUT2D eigenvalue weighted by Crippen LogP contribution is -2.44. The molecule has 12 heavy (non-hydrogen) atoms. The fraction of sp³-hybridized carbons (Fsp3) is 0.571. The van der Waals surface area contributed by atoms with Crippen molar-refractivity contribution in [3.8, 4) is 0 Å². The molecule has 1 saturated heterocycles. The van der Waals surface area contributed by atoms with Gasteiger partial charge < -0.3 is 10.3 Å². The Balaban J connectivity index is 2.25. The average Bonchev–Trinajstić information content (AvgIpc) is 2.47. The molecule has 0 aromatic heterocycles. The van der Waals surface area contributed by atoms with Gasteiger partial charge in [-0.3, -0.25) is 4.79 Å². The zero-order chi connectivity index (χ0) is 8.55. The zero-order valence-corrected chi connectivity index (χ0v) is 7.32. The summed E-state index contributed by atoms with van der Waals surface area (Å²) in [4.78, 5) is 10.9. The first-order valence-electron chi connectivity index (χ1n) is 3.92. The van der Waals surface area contributed by atoms with Crippen molar-refractivity contribution < 1.29 is 4.79 Å². The Morgan fingerprint density at radius 1 is 1.50 bits per heavy atom. The summed E-state index contributed by atoms with van der Waals surface area (Å²) >= 11 is 5.41. The number of piperazine rings is 1. The quantitative estimate of drug-likeness (QED) is 0.540. The minimum absolute atomic E-state index is 0.344. The molecule has 0 amide bonds. The summed E-state index contributed by atoms with van der Waals surface area (Å²) in [5.41, 5.74) is 4.80. The summed E-state index contributed by atoms with van der Waals surface area (Å²) in [6.07, 6.45) is 0. The number of nitrogens with zero attached hydrogens (tertiary/aromatic N) is 1. The summed E-state index contributed by atoms with van der Waals surface area (Å²) in [7, 11) is 0. The maximum Gasteiger partial charge on any atom is 0.251 e. The molecule has 0 aliphatic carbocycles. The Labute approximate surface area is 75.5 Å². The van der Waals surface area contributed by atoms with Crippen LogP contribution in [0.25, 0.3) is 0 Å². The van der Waals surface area contributed by atoms with E-state index in [1.54, 1.807) is 0 Å². The molecule has 66 valence electrons. The van der Waals surface area contributed by atoms with E-state index in [-0.39, 0.29) is 5.24 Å². The van der Waals surface area contributed by atoms with Crippen LogP contribution in [0.5, 0.6) is 0 Å². The minimum Gasteiger partial charge on any atom is -0.309 e. The number of carbonyl (C=O) groups excluding carboxylic acids is 1. The molecule has 0 bridgehead atoms. The molecule has 0 radical (unpaired) electrons. The van der Waals surface area contributed by atoms with E-state index in [1.807, 2.05) is 5.01 Å². The molecule has 5 heteroatoms. The van der Waals surface area contributed by atoms with Gasteiger partial charge in [-0.2, -0.15) is 0 Å². The molecule has 0 spiro atoms. The smallest absolute Gasteiger partial charge is 0.251 e. The van der Waals surface area contributed by atoms with Crippen LogP contribution in [0.15, 0.2) is 11.3 Å². The van der Waals surface area contributed by atoms with Gasteiger partial charge in [-0.05, 0) is 11.6 Å².